The van der Waals surface area contributed by atoms with Crippen LogP contribution in [0.1, 0.15) is 50.6 Å². The maximum Gasteiger partial charge on any atom is 0.226 e. The third kappa shape index (κ3) is 3.73. The van der Waals surface area contributed by atoms with Gasteiger partial charge in [-0.2, -0.15) is 0 Å². The Morgan fingerprint density at radius 3 is 2.85 bits per heavy atom. The molecule has 1 amide bonds. The van der Waals surface area contributed by atoms with Crippen molar-refractivity contribution in [1.29, 1.82) is 0 Å². The number of nitrogens with two attached hydrogens (primary N) is 1. The maximum absolute atomic E-state index is 13.0. The second kappa shape index (κ2) is 7.75. The van der Waals surface area contributed by atoms with E-state index in [9.17, 15) is 4.79 Å². The van der Waals surface area contributed by atoms with Crippen LogP contribution in [0.4, 0.5) is 5.69 Å². The van der Waals surface area contributed by atoms with E-state index < -0.39 is 0 Å². The summed E-state index contributed by atoms with van der Waals surface area (Å²) in [5.74, 6) is 1.32. The Hall–Kier alpha value is -2.30. The Kier molecular flexibility index (Phi) is 5.19. The highest BCUT2D eigenvalue weighted by Gasteiger charge is 2.34. The number of carbonyl (C=O) groups excluding carboxylic acids is 1. The number of carbonyl (C=O) groups is 1. The number of benzene rings is 1. The lowest BCUT2D eigenvalue weighted by atomic mass is 9.88. The third-order valence-corrected chi connectivity index (χ3v) is 6.00. The average molecular weight is 367 g/mol. The molecule has 1 unspecified atom stereocenters. The fourth-order valence-electron chi connectivity index (χ4n) is 4.61. The number of likely N-dealkylation sites (tertiary alicyclic amines) is 1. The molecule has 1 saturated carbocycles. The zero-order valence-electron chi connectivity index (χ0n) is 16.1. The number of nitrogen functional groups attached to an aromatic ring is 1. The number of rotatable bonds is 4. The van der Waals surface area contributed by atoms with Crippen molar-refractivity contribution in [2.45, 2.75) is 57.9 Å². The molecular weight excluding hydrogens is 338 g/mol. The summed E-state index contributed by atoms with van der Waals surface area (Å²) in [6.07, 6.45) is 7.81. The highest BCUT2D eigenvalue weighted by atomic mass is 16.5. The largest absolute Gasteiger partial charge is 0.491 e. The summed E-state index contributed by atoms with van der Waals surface area (Å²) in [7, 11) is 0. The molecule has 27 heavy (non-hydrogen) atoms. The van der Waals surface area contributed by atoms with Crippen LogP contribution in [0, 0.1) is 12.8 Å². The molecule has 2 aliphatic rings. The summed E-state index contributed by atoms with van der Waals surface area (Å²) in [5, 5.41) is 0.867. The molecule has 1 aliphatic carbocycles. The van der Waals surface area contributed by atoms with E-state index in [4.69, 9.17) is 10.5 Å². The van der Waals surface area contributed by atoms with Crippen molar-refractivity contribution >= 4 is 22.5 Å². The Bertz CT molecular complexity index is 830. The monoisotopic (exact) mass is 367 g/mol. The molecule has 1 aromatic carbocycles. The molecule has 144 valence electrons. The van der Waals surface area contributed by atoms with Gasteiger partial charge in [0.1, 0.15) is 12.4 Å². The molecule has 1 atom stereocenters. The van der Waals surface area contributed by atoms with Gasteiger partial charge in [0, 0.05) is 23.8 Å². The second-order valence-corrected chi connectivity index (χ2v) is 7.98. The van der Waals surface area contributed by atoms with E-state index in [1.807, 2.05) is 31.2 Å². The molecule has 5 nitrogen and oxygen atoms in total. The van der Waals surface area contributed by atoms with Crippen LogP contribution in [0.15, 0.2) is 24.3 Å². The average Bonchev–Trinajstić information content (AvgIpc) is 3.14. The Morgan fingerprint density at radius 1 is 1.22 bits per heavy atom. The van der Waals surface area contributed by atoms with Crippen LogP contribution < -0.4 is 10.5 Å². The first-order valence-electron chi connectivity index (χ1n) is 10.2. The molecule has 5 heteroatoms. The minimum Gasteiger partial charge on any atom is -0.491 e. The van der Waals surface area contributed by atoms with E-state index in [-0.39, 0.29) is 12.0 Å². The fourth-order valence-corrected chi connectivity index (χ4v) is 4.61. The van der Waals surface area contributed by atoms with Crippen molar-refractivity contribution in [3.05, 3.63) is 30.0 Å². The van der Waals surface area contributed by atoms with Crippen LogP contribution in [0.5, 0.6) is 5.75 Å². The van der Waals surface area contributed by atoms with Gasteiger partial charge in [-0.15, -0.1) is 0 Å². The van der Waals surface area contributed by atoms with Crippen molar-refractivity contribution in [2.24, 2.45) is 5.92 Å². The summed E-state index contributed by atoms with van der Waals surface area (Å²) in [5.41, 5.74) is 8.67. The minimum atomic E-state index is 0.161. The maximum atomic E-state index is 13.0. The van der Waals surface area contributed by atoms with E-state index in [1.54, 1.807) is 0 Å². The number of anilines is 1. The molecule has 4 rings (SSSR count). The standard InChI is InChI=1S/C22H29N3O2/c1-15-13-18(23)21-19(24-15)10-5-11-20(21)27-14-17-9-6-12-25(17)22(26)16-7-3-2-4-8-16/h5,10-11,13,16-17H,2-4,6-9,12,14H2,1H3,(H2,23,24). The molecule has 1 aliphatic heterocycles. The number of pyridine rings is 1. The number of aromatic nitrogens is 1. The Balaban J connectivity index is 1.48. The minimum absolute atomic E-state index is 0.161. The van der Waals surface area contributed by atoms with Crippen molar-refractivity contribution < 1.29 is 9.53 Å². The van der Waals surface area contributed by atoms with Gasteiger partial charge in [-0.25, -0.2) is 0 Å². The van der Waals surface area contributed by atoms with Gasteiger partial charge in [0.15, 0.2) is 0 Å². The van der Waals surface area contributed by atoms with E-state index >= 15 is 0 Å². The quantitative estimate of drug-likeness (QED) is 0.884. The number of amides is 1. The van der Waals surface area contributed by atoms with Crippen LogP contribution in [-0.2, 0) is 4.79 Å². The summed E-state index contributed by atoms with van der Waals surface area (Å²) < 4.78 is 6.18. The second-order valence-electron chi connectivity index (χ2n) is 7.98. The molecule has 1 saturated heterocycles. The van der Waals surface area contributed by atoms with Gasteiger partial charge in [-0.05, 0) is 50.8 Å². The van der Waals surface area contributed by atoms with Gasteiger partial charge in [0.25, 0.3) is 0 Å². The lowest BCUT2D eigenvalue weighted by Crippen LogP contribution is -2.42. The Labute approximate surface area is 160 Å². The topological polar surface area (TPSA) is 68.5 Å². The first-order chi connectivity index (χ1) is 13.1. The van der Waals surface area contributed by atoms with Crippen molar-refractivity contribution in [2.75, 3.05) is 18.9 Å². The zero-order chi connectivity index (χ0) is 18.8. The highest BCUT2D eigenvalue weighted by molar-refractivity contribution is 5.95. The van der Waals surface area contributed by atoms with E-state index in [1.165, 1.54) is 19.3 Å². The smallest absolute Gasteiger partial charge is 0.226 e. The number of hydrogen-bond acceptors (Lipinski definition) is 4. The van der Waals surface area contributed by atoms with Crippen LogP contribution in [0.3, 0.4) is 0 Å². The number of ether oxygens (including phenoxy) is 1. The normalized spacial score (nSPS) is 20.9. The number of hydrogen-bond donors (Lipinski definition) is 1. The summed E-state index contributed by atoms with van der Waals surface area (Å²) in [4.78, 5) is 19.6. The highest BCUT2D eigenvalue weighted by Crippen LogP contribution is 2.32. The Morgan fingerprint density at radius 2 is 2.04 bits per heavy atom. The van der Waals surface area contributed by atoms with Crippen LogP contribution >= 0.6 is 0 Å². The van der Waals surface area contributed by atoms with Gasteiger partial charge < -0.3 is 15.4 Å². The fraction of sp³-hybridized carbons (Fsp3) is 0.545. The van der Waals surface area contributed by atoms with Crippen LogP contribution in [0.25, 0.3) is 10.9 Å². The molecule has 1 aromatic heterocycles. The number of aryl methyl sites for hydroxylation is 1. The van der Waals surface area contributed by atoms with Crippen molar-refractivity contribution in [1.82, 2.24) is 9.88 Å². The lowest BCUT2D eigenvalue weighted by molar-refractivity contribution is -0.137. The van der Waals surface area contributed by atoms with Gasteiger partial charge >= 0.3 is 0 Å². The van der Waals surface area contributed by atoms with Gasteiger partial charge in [0.2, 0.25) is 5.91 Å². The molecule has 0 radical (unpaired) electrons. The predicted octanol–water partition coefficient (Wildman–Crippen LogP) is 4.08. The summed E-state index contributed by atoms with van der Waals surface area (Å²) in [6.45, 7) is 3.32. The lowest BCUT2D eigenvalue weighted by Gasteiger charge is -2.30. The van der Waals surface area contributed by atoms with Crippen LogP contribution in [-0.4, -0.2) is 35.0 Å². The van der Waals surface area contributed by atoms with Gasteiger partial charge in [0.05, 0.1) is 16.9 Å². The first kappa shape index (κ1) is 18.1. The van der Waals surface area contributed by atoms with E-state index in [2.05, 4.69) is 9.88 Å². The molecule has 2 N–H and O–H groups in total. The SMILES string of the molecule is Cc1cc(N)c2c(OCC3CCCN3C(=O)C3CCCCC3)cccc2n1. The zero-order valence-corrected chi connectivity index (χ0v) is 16.1. The first-order valence-corrected chi connectivity index (χ1v) is 10.2. The molecule has 2 heterocycles. The van der Waals surface area contributed by atoms with Crippen LogP contribution in [0.2, 0.25) is 0 Å². The predicted molar refractivity (Wildman–Crippen MR) is 108 cm³/mol. The molecule has 2 fully saturated rings. The molecular formula is C22H29N3O2. The van der Waals surface area contributed by atoms with Gasteiger partial charge in [-0.1, -0.05) is 25.3 Å². The number of nitrogens with zero attached hydrogens (tertiary/aromatic N) is 2. The van der Waals surface area contributed by atoms with E-state index in [0.29, 0.717) is 18.2 Å². The van der Waals surface area contributed by atoms with Crippen molar-refractivity contribution in [3.8, 4) is 5.75 Å². The summed E-state index contributed by atoms with van der Waals surface area (Å²) >= 11 is 0. The van der Waals surface area contributed by atoms with Crippen molar-refractivity contribution in [3.63, 3.8) is 0 Å². The molecule has 2 aromatic rings. The van der Waals surface area contributed by atoms with Gasteiger partial charge in [-0.3, -0.25) is 9.78 Å². The third-order valence-electron chi connectivity index (χ3n) is 6.00. The molecule has 0 bridgehead atoms. The summed E-state index contributed by atoms with van der Waals surface area (Å²) in [6, 6.07) is 7.89. The number of fused-ring (bicyclic) bond motifs is 1. The molecule has 0 spiro atoms. The van der Waals surface area contributed by atoms with E-state index in [0.717, 1.165) is 54.6 Å².